The molecule has 210 valence electrons. The van der Waals surface area contributed by atoms with Crippen LogP contribution in [0, 0.1) is 11.3 Å². The van der Waals surface area contributed by atoms with E-state index in [1.165, 1.54) is 0 Å². The summed E-state index contributed by atoms with van der Waals surface area (Å²) < 4.78 is 7.68. The average Bonchev–Trinajstić information content (AvgIpc) is 3.39. The molecule has 42 heavy (non-hydrogen) atoms. The third kappa shape index (κ3) is 5.73. The lowest BCUT2D eigenvalue weighted by Gasteiger charge is -2.30. The maximum atomic E-state index is 13.5. The smallest absolute Gasteiger partial charge is 0.271 e. The summed E-state index contributed by atoms with van der Waals surface area (Å²) in [4.78, 5) is 27.5. The molecule has 0 atom stereocenters. The van der Waals surface area contributed by atoms with Crippen LogP contribution in [0.4, 0.5) is 0 Å². The number of para-hydroxylation sites is 1. The molecule has 0 saturated heterocycles. The number of imide groups is 1. The van der Waals surface area contributed by atoms with Crippen molar-refractivity contribution in [3.8, 4) is 28.8 Å². The second kappa shape index (κ2) is 12.1. The summed E-state index contributed by atoms with van der Waals surface area (Å²) in [5.74, 6) is -0.393. The van der Waals surface area contributed by atoms with Crippen LogP contribution in [0.5, 0.6) is 5.75 Å². The number of aromatic nitrogens is 2. The Hall–Kier alpha value is -4.64. The van der Waals surface area contributed by atoms with Gasteiger partial charge in [-0.3, -0.25) is 14.5 Å². The fraction of sp³-hybridized carbons (Fsp3) is 0.152. The first kappa shape index (κ1) is 28.9. The molecule has 0 fully saturated rings. The third-order valence-electron chi connectivity index (χ3n) is 6.89. The van der Waals surface area contributed by atoms with Crippen LogP contribution >= 0.6 is 23.2 Å². The minimum Gasteiger partial charge on any atom is -0.489 e. The van der Waals surface area contributed by atoms with E-state index in [1.54, 1.807) is 43.7 Å². The number of nitriles is 1. The Morgan fingerprint density at radius 1 is 1.00 bits per heavy atom. The van der Waals surface area contributed by atoms with Gasteiger partial charge >= 0.3 is 0 Å². The molecule has 9 heteroatoms. The van der Waals surface area contributed by atoms with Crippen LogP contribution in [0.3, 0.4) is 0 Å². The van der Waals surface area contributed by atoms with Crippen molar-refractivity contribution in [1.29, 1.82) is 5.26 Å². The van der Waals surface area contributed by atoms with Gasteiger partial charge in [0, 0.05) is 44.5 Å². The number of nitrogens with zero attached hydrogens (tertiary/aromatic N) is 4. The fourth-order valence-electron chi connectivity index (χ4n) is 4.66. The summed E-state index contributed by atoms with van der Waals surface area (Å²) in [6.07, 6.45) is 3.53. The lowest BCUT2D eigenvalue weighted by atomic mass is 9.92. The van der Waals surface area contributed by atoms with E-state index in [4.69, 9.17) is 33.0 Å². The van der Waals surface area contributed by atoms with Gasteiger partial charge in [-0.1, -0.05) is 47.5 Å². The van der Waals surface area contributed by atoms with Crippen LogP contribution in [0.25, 0.3) is 23.0 Å². The van der Waals surface area contributed by atoms with Gasteiger partial charge in [0.25, 0.3) is 11.8 Å². The van der Waals surface area contributed by atoms with E-state index in [0.717, 1.165) is 21.7 Å². The minimum atomic E-state index is -0.581. The number of hydrogen-bond donors (Lipinski definition) is 0. The van der Waals surface area contributed by atoms with Gasteiger partial charge in [0.15, 0.2) is 0 Å². The number of carbonyl (C=O) groups is 2. The molecule has 0 bridgehead atoms. The molecule has 0 aliphatic carbocycles. The molecule has 0 spiro atoms. The Balaban J connectivity index is 1.54. The lowest BCUT2D eigenvalue weighted by Crippen LogP contribution is -2.46. The van der Waals surface area contributed by atoms with Crippen molar-refractivity contribution in [1.82, 2.24) is 14.7 Å². The standard InChI is InChI=1S/C33H26Cl2N4O3/c1-20(2)39-32(40)28(21(3)29(17-36)33(39)41)15-24-18-38(26-7-5-4-6-8-26)37-31(24)22-10-13-27(14-11-22)42-19-23-9-12-25(34)16-30(23)35/h4-16,18,20H,19H2,1-3H3/b28-15+. The van der Waals surface area contributed by atoms with Gasteiger partial charge in [-0.15, -0.1) is 0 Å². The Morgan fingerprint density at radius 3 is 2.36 bits per heavy atom. The molecular weight excluding hydrogens is 571 g/mol. The second-order valence-corrected chi connectivity index (χ2v) is 10.8. The molecule has 1 aliphatic rings. The average molecular weight is 598 g/mol. The molecule has 3 aromatic carbocycles. The van der Waals surface area contributed by atoms with Crippen LogP contribution in [0.2, 0.25) is 10.0 Å². The zero-order valence-electron chi connectivity index (χ0n) is 23.1. The van der Waals surface area contributed by atoms with Gasteiger partial charge in [-0.05, 0) is 81.0 Å². The molecule has 7 nitrogen and oxygen atoms in total. The highest BCUT2D eigenvalue weighted by molar-refractivity contribution is 6.35. The summed E-state index contributed by atoms with van der Waals surface area (Å²) in [5, 5.41) is 15.7. The van der Waals surface area contributed by atoms with Crippen molar-refractivity contribution >= 4 is 41.1 Å². The third-order valence-corrected chi connectivity index (χ3v) is 7.48. The number of amides is 2. The maximum Gasteiger partial charge on any atom is 0.271 e. The van der Waals surface area contributed by atoms with E-state index >= 15 is 0 Å². The Kier molecular flexibility index (Phi) is 8.30. The quantitative estimate of drug-likeness (QED) is 0.163. The Bertz CT molecular complexity index is 1780. The molecule has 1 aliphatic heterocycles. The highest BCUT2D eigenvalue weighted by atomic mass is 35.5. The van der Waals surface area contributed by atoms with Gasteiger partial charge in [-0.25, -0.2) is 4.68 Å². The van der Waals surface area contributed by atoms with Crippen molar-refractivity contribution in [2.24, 2.45) is 0 Å². The van der Waals surface area contributed by atoms with Crippen molar-refractivity contribution in [2.45, 2.75) is 33.4 Å². The predicted molar refractivity (Wildman–Crippen MR) is 163 cm³/mol. The lowest BCUT2D eigenvalue weighted by molar-refractivity contribution is -0.142. The van der Waals surface area contributed by atoms with Crippen LogP contribution in [-0.2, 0) is 16.2 Å². The first-order chi connectivity index (χ1) is 20.2. The summed E-state index contributed by atoms with van der Waals surface area (Å²) in [6.45, 7) is 5.38. The SMILES string of the molecule is CC1=C(C#N)C(=O)N(C(C)C)C(=O)/C1=C/c1cn(-c2ccccc2)nc1-c1ccc(OCc2ccc(Cl)cc2Cl)cc1. The molecule has 1 aromatic heterocycles. The van der Waals surface area contributed by atoms with Crippen molar-refractivity contribution in [3.05, 3.63) is 117 Å². The molecular formula is C33H26Cl2N4O3. The molecule has 2 amide bonds. The monoisotopic (exact) mass is 596 g/mol. The summed E-state index contributed by atoms with van der Waals surface area (Å²) in [6, 6.07) is 23.9. The first-order valence-corrected chi connectivity index (χ1v) is 14.0. The number of rotatable bonds is 7. The molecule has 4 aromatic rings. The molecule has 0 N–H and O–H groups in total. The molecule has 0 radical (unpaired) electrons. The van der Waals surface area contributed by atoms with Crippen LogP contribution < -0.4 is 4.74 Å². The van der Waals surface area contributed by atoms with E-state index in [1.807, 2.05) is 72.9 Å². The summed E-state index contributed by atoms with van der Waals surface area (Å²) in [5.41, 5.74) is 4.27. The van der Waals surface area contributed by atoms with Crippen LogP contribution in [0.15, 0.2) is 95.7 Å². The minimum absolute atomic E-state index is 0.0474. The highest BCUT2D eigenvalue weighted by Crippen LogP contribution is 2.32. The topological polar surface area (TPSA) is 88.2 Å². The Morgan fingerprint density at radius 2 is 1.71 bits per heavy atom. The Labute approximate surface area is 253 Å². The molecule has 2 heterocycles. The van der Waals surface area contributed by atoms with Crippen molar-refractivity contribution in [3.63, 3.8) is 0 Å². The van der Waals surface area contributed by atoms with E-state index in [0.29, 0.717) is 32.6 Å². The van der Waals surface area contributed by atoms with Gasteiger partial charge in [-0.2, -0.15) is 10.4 Å². The summed E-state index contributed by atoms with van der Waals surface area (Å²) >= 11 is 12.3. The number of hydrogen-bond acceptors (Lipinski definition) is 5. The van der Waals surface area contributed by atoms with Gasteiger partial charge in [0.05, 0.1) is 11.4 Å². The van der Waals surface area contributed by atoms with Gasteiger partial charge in [0.1, 0.15) is 24.0 Å². The normalized spacial score (nSPS) is 14.6. The van der Waals surface area contributed by atoms with Crippen molar-refractivity contribution in [2.75, 3.05) is 0 Å². The largest absolute Gasteiger partial charge is 0.489 e. The second-order valence-electron chi connectivity index (χ2n) is 10.0. The van der Waals surface area contributed by atoms with E-state index in [2.05, 4.69) is 0 Å². The van der Waals surface area contributed by atoms with Crippen molar-refractivity contribution < 1.29 is 14.3 Å². The first-order valence-electron chi connectivity index (χ1n) is 13.2. The molecule has 0 unspecified atom stereocenters. The number of halogens is 2. The zero-order chi connectivity index (χ0) is 30.0. The van der Waals surface area contributed by atoms with E-state index in [-0.39, 0.29) is 17.8 Å². The number of benzene rings is 3. The summed E-state index contributed by atoms with van der Waals surface area (Å²) in [7, 11) is 0. The molecule has 0 saturated carbocycles. The number of ether oxygens (including phenoxy) is 1. The fourth-order valence-corrected chi connectivity index (χ4v) is 5.13. The number of carbonyl (C=O) groups excluding carboxylic acids is 2. The zero-order valence-corrected chi connectivity index (χ0v) is 24.6. The maximum absolute atomic E-state index is 13.5. The highest BCUT2D eigenvalue weighted by Gasteiger charge is 2.37. The molecule has 5 rings (SSSR count). The van der Waals surface area contributed by atoms with Crippen LogP contribution in [0.1, 0.15) is 31.9 Å². The van der Waals surface area contributed by atoms with Gasteiger partial charge in [0.2, 0.25) is 0 Å². The van der Waals surface area contributed by atoms with Gasteiger partial charge < -0.3 is 4.74 Å². The van der Waals surface area contributed by atoms with E-state index < -0.39 is 17.9 Å². The van der Waals surface area contributed by atoms with E-state index in [9.17, 15) is 14.9 Å². The van der Waals surface area contributed by atoms with Crippen LogP contribution in [-0.4, -0.2) is 32.5 Å². The predicted octanol–water partition coefficient (Wildman–Crippen LogP) is 7.43.